The lowest BCUT2D eigenvalue weighted by Crippen LogP contribution is -2.30. The van der Waals surface area contributed by atoms with Crippen molar-refractivity contribution in [1.29, 1.82) is 0 Å². The summed E-state index contributed by atoms with van der Waals surface area (Å²) in [5, 5.41) is 0. The Morgan fingerprint density at radius 2 is 0.440 bits per heavy atom. The Morgan fingerprint density at radius 3 is 0.667 bits per heavy atom. The van der Waals surface area contributed by atoms with Crippen molar-refractivity contribution in [3.63, 3.8) is 0 Å². The molecule has 0 N–H and O–H groups in total. The molecule has 75 heavy (non-hydrogen) atoms. The average molecular weight is 1060 g/mol. The Balaban J connectivity index is 3.90. The Hall–Kier alpha value is -1.85. The molecule has 0 aromatic heterocycles. The van der Waals surface area contributed by atoms with Crippen LogP contribution >= 0.6 is 0 Å². The summed E-state index contributed by atoms with van der Waals surface area (Å²) in [6.45, 7) is 6.63. The van der Waals surface area contributed by atoms with Gasteiger partial charge in [0.15, 0.2) is 6.10 Å². The molecule has 0 aliphatic heterocycles. The van der Waals surface area contributed by atoms with Crippen molar-refractivity contribution in [2.24, 2.45) is 0 Å². The Morgan fingerprint density at radius 1 is 0.253 bits per heavy atom. The SMILES string of the molecule is CCCCCCCCCC/C=C\CCCCCCCCCCCCCCCCCCCCCC(=O)OCC(COC(=O)CCCCCCC)OC(=O)CCCCCCCCCCCCCCCCCCCCCCC. The van der Waals surface area contributed by atoms with Crippen molar-refractivity contribution in [3.8, 4) is 0 Å². The third-order valence-electron chi connectivity index (χ3n) is 15.8. The smallest absolute Gasteiger partial charge is 0.306 e. The lowest BCUT2D eigenvalue weighted by Gasteiger charge is -2.18. The number of rotatable bonds is 64. The van der Waals surface area contributed by atoms with E-state index < -0.39 is 6.10 Å². The lowest BCUT2D eigenvalue weighted by molar-refractivity contribution is -0.167. The van der Waals surface area contributed by atoms with Gasteiger partial charge in [0.1, 0.15) is 13.2 Å². The zero-order chi connectivity index (χ0) is 54.3. The zero-order valence-corrected chi connectivity index (χ0v) is 51.1. The zero-order valence-electron chi connectivity index (χ0n) is 51.1. The minimum absolute atomic E-state index is 0.0638. The van der Waals surface area contributed by atoms with Gasteiger partial charge in [0.25, 0.3) is 0 Å². The Labute approximate surface area is 469 Å². The molecule has 0 bridgehead atoms. The standard InChI is InChI=1S/C69H132O6/c1-4-7-10-13-15-17-19-21-23-25-27-29-30-31-32-33-34-35-36-37-38-40-41-43-45-47-49-51-53-56-59-62-68(71)74-65-66(64-73-67(70)61-58-55-12-9-6-3)75-69(72)63-60-57-54-52-50-48-46-44-42-39-28-26-24-22-20-18-16-14-11-8-5-2/h25,27,66H,4-24,26,28-65H2,1-3H3/b27-25-. The monoisotopic (exact) mass is 1060 g/mol. The highest BCUT2D eigenvalue weighted by Gasteiger charge is 2.19. The molecule has 1 atom stereocenters. The fourth-order valence-electron chi connectivity index (χ4n) is 10.6. The van der Waals surface area contributed by atoms with Gasteiger partial charge in [0.2, 0.25) is 0 Å². The second kappa shape index (κ2) is 64.7. The summed E-state index contributed by atoms with van der Waals surface area (Å²) < 4.78 is 16.8. The lowest BCUT2D eigenvalue weighted by atomic mass is 10.0. The van der Waals surface area contributed by atoms with E-state index in [0.29, 0.717) is 19.3 Å². The van der Waals surface area contributed by atoms with Crippen LogP contribution in [0.1, 0.15) is 393 Å². The summed E-state index contributed by atoms with van der Waals surface area (Å²) in [6, 6.07) is 0. The second-order valence-electron chi connectivity index (χ2n) is 23.5. The number of carbonyl (C=O) groups excluding carboxylic acids is 3. The van der Waals surface area contributed by atoms with E-state index in [1.54, 1.807) is 0 Å². The first-order chi connectivity index (χ1) is 37.0. The van der Waals surface area contributed by atoms with Crippen LogP contribution in [0.3, 0.4) is 0 Å². The second-order valence-corrected chi connectivity index (χ2v) is 23.5. The van der Waals surface area contributed by atoms with Gasteiger partial charge in [-0.15, -0.1) is 0 Å². The highest BCUT2D eigenvalue weighted by Crippen LogP contribution is 2.19. The van der Waals surface area contributed by atoms with E-state index in [1.807, 2.05) is 0 Å². The van der Waals surface area contributed by atoms with E-state index >= 15 is 0 Å². The predicted octanol–water partition coefficient (Wildman–Crippen LogP) is 23.2. The maximum absolute atomic E-state index is 12.8. The maximum Gasteiger partial charge on any atom is 0.306 e. The molecule has 0 heterocycles. The van der Waals surface area contributed by atoms with Crippen molar-refractivity contribution in [2.75, 3.05) is 13.2 Å². The summed E-state index contributed by atoms with van der Waals surface area (Å²) in [5.41, 5.74) is 0. The number of unbranched alkanes of at least 4 members (excludes halogenated alkanes) is 51. The van der Waals surface area contributed by atoms with Crippen LogP contribution in [0.25, 0.3) is 0 Å². The summed E-state index contributed by atoms with van der Waals surface area (Å²) >= 11 is 0. The van der Waals surface area contributed by atoms with Gasteiger partial charge in [0, 0.05) is 19.3 Å². The molecule has 0 amide bonds. The van der Waals surface area contributed by atoms with Gasteiger partial charge in [-0.1, -0.05) is 341 Å². The molecule has 0 rings (SSSR count). The molecule has 6 heteroatoms. The molecule has 6 nitrogen and oxygen atoms in total. The molecular weight excluding hydrogens is 925 g/mol. The van der Waals surface area contributed by atoms with Crippen molar-refractivity contribution in [2.45, 2.75) is 399 Å². The van der Waals surface area contributed by atoms with Gasteiger partial charge in [-0.2, -0.15) is 0 Å². The van der Waals surface area contributed by atoms with Gasteiger partial charge < -0.3 is 14.2 Å². The molecule has 0 fully saturated rings. The van der Waals surface area contributed by atoms with E-state index in [1.165, 1.54) is 289 Å². The number of hydrogen-bond acceptors (Lipinski definition) is 6. The third-order valence-corrected chi connectivity index (χ3v) is 15.8. The molecule has 0 saturated heterocycles. The minimum atomic E-state index is -0.762. The molecule has 0 aromatic carbocycles. The summed E-state index contributed by atoms with van der Waals surface area (Å²) in [5.74, 6) is -0.848. The Kier molecular flexibility index (Phi) is 63.1. The first-order valence-electron chi connectivity index (χ1n) is 34.2. The van der Waals surface area contributed by atoms with Crippen LogP contribution in [-0.4, -0.2) is 37.2 Å². The van der Waals surface area contributed by atoms with Crippen LogP contribution in [-0.2, 0) is 28.6 Å². The van der Waals surface area contributed by atoms with Crippen molar-refractivity contribution in [1.82, 2.24) is 0 Å². The maximum atomic E-state index is 12.8. The quantitative estimate of drug-likeness (QED) is 0.0261. The van der Waals surface area contributed by atoms with Crippen LogP contribution in [0.5, 0.6) is 0 Å². The Bertz CT molecular complexity index is 1170. The molecule has 444 valence electrons. The van der Waals surface area contributed by atoms with Gasteiger partial charge in [-0.25, -0.2) is 0 Å². The highest BCUT2D eigenvalue weighted by molar-refractivity contribution is 5.71. The van der Waals surface area contributed by atoms with Gasteiger partial charge in [-0.05, 0) is 44.9 Å². The van der Waals surface area contributed by atoms with Gasteiger partial charge >= 0.3 is 17.9 Å². The van der Waals surface area contributed by atoms with Crippen LogP contribution in [0.2, 0.25) is 0 Å². The van der Waals surface area contributed by atoms with E-state index in [4.69, 9.17) is 14.2 Å². The molecule has 0 radical (unpaired) electrons. The van der Waals surface area contributed by atoms with Crippen LogP contribution < -0.4 is 0 Å². The fourth-order valence-corrected chi connectivity index (χ4v) is 10.6. The number of allylic oxidation sites excluding steroid dienone is 2. The molecule has 1 unspecified atom stereocenters. The topological polar surface area (TPSA) is 78.9 Å². The molecule has 0 aliphatic carbocycles. The summed E-state index contributed by atoms with van der Waals surface area (Å²) in [6.07, 6.45) is 77.3. The van der Waals surface area contributed by atoms with Gasteiger partial charge in [-0.3, -0.25) is 14.4 Å². The fraction of sp³-hybridized carbons (Fsp3) is 0.928. The molecular formula is C69H132O6. The van der Waals surface area contributed by atoms with E-state index in [9.17, 15) is 14.4 Å². The molecule has 0 spiro atoms. The number of carbonyl (C=O) groups is 3. The normalized spacial score (nSPS) is 12.0. The molecule has 0 aliphatic rings. The summed E-state index contributed by atoms with van der Waals surface area (Å²) in [4.78, 5) is 37.9. The van der Waals surface area contributed by atoms with Crippen LogP contribution in [0.15, 0.2) is 12.2 Å². The first kappa shape index (κ1) is 73.2. The highest BCUT2D eigenvalue weighted by atomic mass is 16.6. The number of ether oxygens (including phenoxy) is 3. The summed E-state index contributed by atoms with van der Waals surface area (Å²) in [7, 11) is 0. The largest absolute Gasteiger partial charge is 0.462 e. The van der Waals surface area contributed by atoms with E-state index in [0.717, 1.165) is 64.2 Å². The van der Waals surface area contributed by atoms with Crippen LogP contribution in [0.4, 0.5) is 0 Å². The van der Waals surface area contributed by atoms with E-state index in [-0.39, 0.29) is 31.1 Å². The van der Waals surface area contributed by atoms with E-state index in [2.05, 4.69) is 32.9 Å². The minimum Gasteiger partial charge on any atom is -0.462 e. The number of hydrogen-bond donors (Lipinski definition) is 0. The average Bonchev–Trinajstić information content (AvgIpc) is 3.41. The predicted molar refractivity (Wildman–Crippen MR) is 326 cm³/mol. The third kappa shape index (κ3) is 62.9. The molecule has 0 aromatic rings. The van der Waals surface area contributed by atoms with Crippen molar-refractivity contribution in [3.05, 3.63) is 12.2 Å². The molecule has 0 saturated carbocycles. The van der Waals surface area contributed by atoms with Gasteiger partial charge in [0.05, 0.1) is 0 Å². The van der Waals surface area contributed by atoms with Crippen LogP contribution in [0, 0.1) is 0 Å². The first-order valence-corrected chi connectivity index (χ1v) is 34.2. The van der Waals surface area contributed by atoms with Crippen molar-refractivity contribution < 1.29 is 28.6 Å². The number of esters is 3. The van der Waals surface area contributed by atoms with Crippen molar-refractivity contribution >= 4 is 17.9 Å².